The van der Waals surface area contributed by atoms with Crippen molar-refractivity contribution in [2.45, 2.75) is 26.3 Å². The van der Waals surface area contributed by atoms with E-state index >= 15 is 0 Å². The fraction of sp³-hybridized carbons (Fsp3) is 0.600. The minimum Gasteiger partial charge on any atom is -0.486 e. The van der Waals surface area contributed by atoms with Gasteiger partial charge in [0.25, 0.3) is 0 Å². The fourth-order valence-corrected chi connectivity index (χ4v) is 1.92. The standard InChI is InChI=1S/C15H23NO3/c1-11(2)5-6-17-10-13(16)12-3-4-14-15(9-12)19-8-7-18-14/h3-4,9,11,13H,5-8,10,16H2,1-2H3. The number of fused-ring (bicyclic) bond motifs is 1. The summed E-state index contributed by atoms with van der Waals surface area (Å²) in [5.74, 6) is 2.23. The van der Waals surface area contributed by atoms with Gasteiger partial charge in [-0.05, 0) is 30.0 Å². The van der Waals surface area contributed by atoms with E-state index in [-0.39, 0.29) is 6.04 Å². The van der Waals surface area contributed by atoms with Crippen LogP contribution in [-0.2, 0) is 4.74 Å². The first kappa shape index (κ1) is 14.2. The van der Waals surface area contributed by atoms with Crippen LogP contribution in [0.3, 0.4) is 0 Å². The third-order valence-electron chi connectivity index (χ3n) is 3.13. The molecular weight excluding hydrogens is 242 g/mol. The van der Waals surface area contributed by atoms with Crippen LogP contribution < -0.4 is 15.2 Å². The van der Waals surface area contributed by atoms with Crippen LogP contribution in [0.25, 0.3) is 0 Å². The molecule has 0 aliphatic carbocycles. The number of hydrogen-bond donors (Lipinski definition) is 1. The Hall–Kier alpha value is -1.26. The Kier molecular flexibility index (Phi) is 5.05. The molecule has 1 heterocycles. The summed E-state index contributed by atoms with van der Waals surface area (Å²) < 4.78 is 16.6. The summed E-state index contributed by atoms with van der Waals surface area (Å²) in [6.07, 6.45) is 1.06. The van der Waals surface area contributed by atoms with Gasteiger partial charge in [0.05, 0.1) is 12.6 Å². The van der Waals surface area contributed by atoms with Crippen LogP contribution in [0.5, 0.6) is 11.5 Å². The molecule has 0 radical (unpaired) electrons. The molecule has 2 N–H and O–H groups in total. The molecule has 0 bridgehead atoms. The summed E-state index contributed by atoms with van der Waals surface area (Å²) in [5, 5.41) is 0. The van der Waals surface area contributed by atoms with E-state index in [2.05, 4.69) is 13.8 Å². The van der Waals surface area contributed by atoms with Crippen LogP contribution >= 0.6 is 0 Å². The van der Waals surface area contributed by atoms with Gasteiger partial charge in [0.1, 0.15) is 13.2 Å². The highest BCUT2D eigenvalue weighted by atomic mass is 16.6. The second-order valence-corrected chi connectivity index (χ2v) is 5.27. The fourth-order valence-electron chi connectivity index (χ4n) is 1.92. The normalized spacial score (nSPS) is 15.6. The van der Waals surface area contributed by atoms with Crippen molar-refractivity contribution in [3.8, 4) is 11.5 Å². The number of rotatable bonds is 6. The summed E-state index contributed by atoms with van der Waals surface area (Å²) >= 11 is 0. The number of ether oxygens (including phenoxy) is 3. The molecule has 0 aromatic heterocycles. The Bertz CT molecular complexity index is 406. The van der Waals surface area contributed by atoms with E-state index in [1.807, 2.05) is 18.2 Å². The number of nitrogens with two attached hydrogens (primary N) is 1. The molecule has 4 nitrogen and oxygen atoms in total. The molecule has 0 saturated carbocycles. The van der Waals surface area contributed by atoms with Gasteiger partial charge in [-0.2, -0.15) is 0 Å². The van der Waals surface area contributed by atoms with Crippen LogP contribution in [0.15, 0.2) is 18.2 Å². The number of benzene rings is 1. The SMILES string of the molecule is CC(C)CCOCC(N)c1ccc2c(c1)OCCO2. The van der Waals surface area contributed by atoms with Gasteiger partial charge in [-0.1, -0.05) is 19.9 Å². The maximum absolute atomic E-state index is 6.12. The van der Waals surface area contributed by atoms with Gasteiger partial charge in [0.15, 0.2) is 11.5 Å². The first-order valence-electron chi connectivity index (χ1n) is 6.89. The molecule has 19 heavy (non-hydrogen) atoms. The van der Waals surface area contributed by atoms with Crippen molar-refractivity contribution in [1.82, 2.24) is 0 Å². The van der Waals surface area contributed by atoms with Crippen molar-refractivity contribution in [3.05, 3.63) is 23.8 Å². The van der Waals surface area contributed by atoms with Gasteiger partial charge in [-0.15, -0.1) is 0 Å². The molecule has 1 aliphatic rings. The maximum Gasteiger partial charge on any atom is 0.161 e. The Morgan fingerprint density at radius 3 is 2.68 bits per heavy atom. The van der Waals surface area contributed by atoms with E-state index in [4.69, 9.17) is 19.9 Å². The van der Waals surface area contributed by atoms with E-state index in [0.29, 0.717) is 25.7 Å². The lowest BCUT2D eigenvalue weighted by Gasteiger charge is -2.20. The lowest BCUT2D eigenvalue weighted by molar-refractivity contribution is 0.111. The quantitative estimate of drug-likeness (QED) is 0.803. The summed E-state index contributed by atoms with van der Waals surface area (Å²) in [5.41, 5.74) is 7.15. The largest absolute Gasteiger partial charge is 0.486 e. The third kappa shape index (κ3) is 4.11. The molecule has 1 atom stereocenters. The summed E-state index contributed by atoms with van der Waals surface area (Å²) in [6, 6.07) is 5.72. The maximum atomic E-state index is 6.12. The van der Waals surface area contributed by atoms with E-state index < -0.39 is 0 Å². The minimum atomic E-state index is -0.122. The lowest BCUT2D eigenvalue weighted by atomic mass is 10.1. The van der Waals surface area contributed by atoms with Gasteiger partial charge in [0, 0.05) is 6.61 Å². The average molecular weight is 265 g/mol. The molecule has 1 unspecified atom stereocenters. The molecule has 0 fully saturated rings. The van der Waals surface area contributed by atoms with Crippen molar-refractivity contribution < 1.29 is 14.2 Å². The van der Waals surface area contributed by atoms with Gasteiger partial charge >= 0.3 is 0 Å². The van der Waals surface area contributed by atoms with Crippen LogP contribution in [0.4, 0.5) is 0 Å². The summed E-state index contributed by atoms with van der Waals surface area (Å²) in [6.45, 7) is 6.86. The van der Waals surface area contributed by atoms with Crippen LogP contribution in [-0.4, -0.2) is 26.4 Å². The smallest absolute Gasteiger partial charge is 0.161 e. The second kappa shape index (κ2) is 6.78. The highest BCUT2D eigenvalue weighted by Gasteiger charge is 2.14. The first-order valence-corrected chi connectivity index (χ1v) is 6.89. The van der Waals surface area contributed by atoms with E-state index in [1.54, 1.807) is 0 Å². The monoisotopic (exact) mass is 265 g/mol. The van der Waals surface area contributed by atoms with Gasteiger partial charge in [0.2, 0.25) is 0 Å². The highest BCUT2D eigenvalue weighted by molar-refractivity contribution is 5.44. The van der Waals surface area contributed by atoms with Crippen molar-refractivity contribution in [2.75, 3.05) is 26.4 Å². The molecule has 106 valence electrons. The van der Waals surface area contributed by atoms with Crippen molar-refractivity contribution in [2.24, 2.45) is 11.7 Å². The van der Waals surface area contributed by atoms with Crippen LogP contribution in [0, 0.1) is 5.92 Å². The van der Waals surface area contributed by atoms with Crippen molar-refractivity contribution in [1.29, 1.82) is 0 Å². The van der Waals surface area contributed by atoms with Crippen LogP contribution in [0.2, 0.25) is 0 Å². The molecule has 1 aromatic rings. The van der Waals surface area contributed by atoms with Crippen molar-refractivity contribution in [3.63, 3.8) is 0 Å². The summed E-state index contributed by atoms with van der Waals surface area (Å²) in [4.78, 5) is 0. The second-order valence-electron chi connectivity index (χ2n) is 5.27. The van der Waals surface area contributed by atoms with Crippen molar-refractivity contribution >= 4 is 0 Å². The summed E-state index contributed by atoms with van der Waals surface area (Å²) in [7, 11) is 0. The lowest BCUT2D eigenvalue weighted by Crippen LogP contribution is -2.19. The van der Waals surface area contributed by atoms with Gasteiger partial charge < -0.3 is 19.9 Å². The zero-order valence-electron chi connectivity index (χ0n) is 11.7. The molecule has 0 saturated heterocycles. The van der Waals surface area contributed by atoms with Gasteiger partial charge in [-0.25, -0.2) is 0 Å². The molecule has 0 amide bonds. The highest BCUT2D eigenvalue weighted by Crippen LogP contribution is 2.32. The molecule has 1 aliphatic heterocycles. The first-order chi connectivity index (χ1) is 9.16. The van der Waals surface area contributed by atoms with E-state index in [1.165, 1.54) is 0 Å². The zero-order valence-corrected chi connectivity index (χ0v) is 11.7. The Morgan fingerprint density at radius 1 is 1.21 bits per heavy atom. The minimum absolute atomic E-state index is 0.122. The molecule has 0 spiro atoms. The Morgan fingerprint density at radius 2 is 1.95 bits per heavy atom. The van der Waals surface area contributed by atoms with E-state index in [0.717, 1.165) is 30.1 Å². The predicted molar refractivity (Wildman–Crippen MR) is 74.6 cm³/mol. The van der Waals surface area contributed by atoms with Gasteiger partial charge in [-0.3, -0.25) is 0 Å². The predicted octanol–water partition coefficient (Wildman–Crippen LogP) is 2.52. The Labute approximate surface area is 114 Å². The molecular formula is C15H23NO3. The zero-order chi connectivity index (χ0) is 13.7. The number of hydrogen-bond acceptors (Lipinski definition) is 4. The van der Waals surface area contributed by atoms with Crippen LogP contribution in [0.1, 0.15) is 31.9 Å². The van der Waals surface area contributed by atoms with E-state index in [9.17, 15) is 0 Å². The molecule has 2 rings (SSSR count). The molecule has 4 heteroatoms. The molecule has 1 aromatic carbocycles. The average Bonchev–Trinajstić information content (AvgIpc) is 2.42. The Balaban J connectivity index is 1.86. The third-order valence-corrected chi connectivity index (χ3v) is 3.13. The topological polar surface area (TPSA) is 53.7 Å².